The zero-order valence-corrected chi connectivity index (χ0v) is 11.4. The quantitative estimate of drug-likeness (QED) is 0.736. The molecule has 1 aliphatic carbocycles. The standard InChI is InChI=1S/C15H18ClNO/c1-11-7-8-13(16)15(9-11)18-14-6-4-2-3-5-12(14)10-17/h7-9,12,14H,2-6H2,1H3. The van der Waals surface area contributed by atoms with Crippen LogP contribution in [0.25, 0.3) is 0 Å². The van der Waals surface area contributed by atoms with Crippen LogP contribution in [-0.2, 0) is 0 Å². The minimum Gasteiger partial charge on any atom is -0.487 e. The summed E-state index contributed by atoms with van der Waals surface area (Å²) in [5, 5.41) is 9.85. The van der Waals surface area contributed by atoms with E-state index in [1.165, 1.54) is 6.42 Å². The molecule has 1 aromatic rings. The van der Waals surface area contributed by atoms with Crippen LogP contribution in [0.4, 0.5) is 0 Å². The highest BCUT2D eigenvalue weighted by Gasteiger charge is 2.25. The number of nitriles is 1. The second kappa shape index (κ2) is 6.11. The molecule has 0 aromatic heterocycles. The summed E-state index contributed by atoms with van der Waals surface area (Å²) in [6, 6.07) is 8.14. The van der Waals surface area contributed by atoms with E-state index in [9.17, 15) is 5.26 Å². The average molecular weight is 264 g/mol. The van der Waals surface area contributed by atoms with Gasteiger partial charge in [0, 0.05) is 0 Å². The van der Waals surface area contributed by atoms with Crippen LogP contribution < -0.4 is 4.74 Å². The fourth-order valence-corrected chi connectivity index (χ4v) is 2.59. The third-order valence-electron chi connectivity index (χ3n) is 3.48. The summed E-state index contributed by atoms with van der Waals surface area (Å²) in [6.45, 7) is 2.01. The maximum atomic E-state index is 9.23. The van der Waals surface area contributed by atoms with E-state index in [1.54, 1.807) is 0 Å². The second-order valence-corrected chi connectivity index (χ2v) is 5.37. The summed E-state index contributed by atoms with van der Waals surface area (Å²) in [6.07, 6.45) is 5.32. The Labute approximate surface area is 114 Å². The number of ether oxygens (including phenoxy) is 1. The molecule has 2 nitrogen and oxygen atoms in total. The van der Waals surface area contributed by atoms with Crippen LogP contribution in [0.5, 0.6) is 5.75 Å². The van der Waals surface area contributed by atoms with Gasteiger partial charge >= 0.3 is 0 Å². The van der Waals surface area contributed by atoms with Gasteiger partial charge in [0.15, 0.2) is 0 Å². The van der Waals surface area contributed by atoms with Crippen molar-refractivity contribution < 1.29 is 4.74 Å². The summed E-state index contributed by atoms with van der Waals surface area (Å²) in [5.74, 6) is 0.702. The van der Waals surface area contributed by atoms with Crippen molar-refractivity contribution in [2.45, 2.75) is 45.1 Å². The van der Waals surface area contributed by atoms with Crippen LogP contribution in [0.3, 0.4) is 0 Å². The largest absolute Gasteiger partial charge is 0.487 e. The molecule has 0 heterocycles. The van der Waals surface area contributed by atoms with Crippen molar-refractivity contribution in [1.29, 1.82) is 5.26 Å². The first-order chi connectivity index (χ1) is 8.70. The van der Waals surface area contributed by atoms with Crippen LogP contribution in [-0.4, -0.2) is 6.10 Å². The Bertz CT molecular complexity index is 452. The van der Waals surface area contributed by atoms with Crippen molar-refractivity contribution in [3.8, 4) is 11.8 Å². The van der Waals surface area contributed by atoms with E-state index in [0.717, 1.165) is 31.2 Å². The third-order valence-corrected chi connectivity index (χ3v) is 3.80. The topological polar surface area (TPSA) is 33.0 Å². The summed E-state index contributed by atoms with van der Waals surface area (Å²) in [5.41, 5.74) is 1.12. The Morgan fingerprint density at radius 1 is 1.28 bits per heavy atom. The van der Waals surface area contributed by atoms with Gasteiger partial charge in [-0.3, -0.25) is 0 Å². The molecule has 2 atom stereocenters. The van der Waals surface area contributed by atoms with Gasteiger partial charge in [0.2, 0.25) is 0 Å². The van der Waals surface area contributed by atoms with Gasteiger partial charge in [-0.25, -0.2) is 0 Å². The van der Waals surface area contributed by atoms with E-state index in [2.05, 4.69) is 6.07 Å². The molecule has 0 bridgehead atoms. The van der Waals surface area contributed by atoms with E-state index >= 15 is 0 Å². The van der Waals surface area contributed by atoms with Gasteiger partial charge in [0.25, 0.3) is 0 Å². The third kappa shape index (κ3) is 3.17. The van der Waals surface area contributed by atoms with Crippen molar-refractivity contribution in [3.05, 3.63) is 28.8 Å². The van der Waals surface area contributed by atoms with Crippen LogP contribution in [0.2, 0.25) is 5.02 Å². The fourth-order valence-electron chi connectivity index (χ4n) is 2.43. The van der Waals surface area contributed by atoms with Gasteiger partial charge < -0.3 is 4.74 Å². The van der Waals surface area contributed by atoms with E-state index in [4.69, 9.17) is 16.3 Å². The molecular weight excluding hydrogens is 246 g/mol. The number of rotatable bonds is 2. The molecule has 3 heteroatoms. The van der Waals surface area contributed by atoms with Crippen molar-refractivity contribution in [2.75, 3.05) is 0 Å². The Kier molecular flexibility index (Phi) is 4.49. The maximum absolute atomic E-state index is 9.23. The number of halogens is 1. The lowest BCUT2D eigenvalue weighted by Gasteiger charge is -2.22. The van der Waals surface area contributed by atoms with Crippen LogP contribution in [0.1, 0.15) is 37.7 Å². The molecule has 0 spiro atoms. The molecule has 1 fully saturated rings. The van der Waals surface area contributed by atoms with Gasteiger partial charge in [-0.05, 0) is 43.9 Å². The van der Waals surface area contributed by atoms with E-state index in [0.29, 0.717) is 10.8 Å². The summed E-state index contributed by atoms with van der Waals surface area (Å²) in [7, 11) is 0. The van der Waals surface area contributed by atoms with Gasteiger partial charge in [-0.1, -0.05) is 30.5 Å². The zero-order valence-electron chi connectivity index (χ0n) is 10.7. The average Bonchev–Trinajstić information content (AvgIpc) is 2.59. The highest BCUT2D eigenvalue weighted by Crippen LogP contribution is 2.31. The lowest BCUT2D eigenvalue weighted by molar-refractivity contribution is 0.152. The van der Waals surface area contributed by atoms with Gasteiger partial charge in [0.05, 0.1) is 17.0 Å². The number of aryl methyl sites for hydroxylation is 1. The first-order valence-electron chi connectivity index (χ1n) is 6.53. The Balaban J connectivity index is 2.15. The molecule has 0 saturated heterocycles. The molecule has 0 amide bonds. The number of benzene rings is 1. The van der Waals surface area contributed by atoms with Crippen molar-refractivity contribution in [3.63, 3.8) is 0 Å². The number of nitrogens with zero attached hydrogens (tertiary/aromatic N) is 1. The van der Waals surface area contributed by atoms with Crippen LogP contribution in [0.15, 0.2) is 18.2 Å². The Morgan fingerprint density at radius 3 is 2.83 bits per heavy atom. The number of hydrogen-bond acceptors (Lipinski definition) is 2. The Morgan fingerprint density at radius 2 is 2.06 bits per heavy atom. The zero-order chi connectivity index (χ0) is 13.0. The minimum absolute atomic E-state index is 0.0101. The van der Waals surface area contributed by atoms with Crippen molar-refractivity contribution in [1.82, 2.24) is 0 Å². The fraction of sp³-hybridized carbons (Fsp3) is 0.533. The molecule has 18 heavy (non-hydrogen) atoms. The molecule has 0 radical (unpaired) electrons. The number of hydrogen-bond donors (Lipinski definition) is 0. The first kappa shape index (κ1) is 13.2. The van der Waals surface area contributed by atoms with Crippen LogP contribution in [0, 0.1) is 24.2 Å². The maximum Gasteiger partial charge on any atom is 0.138 e. The second-order valence-electron chi connectivity index (χ2n) is 4.96. The molecule has 96 valence electrons. The molecule has 1 saturated carbocycles. The molecule has 1 aromatic carbocycles. The summed E-state index contributed by atoms with van der Waals surface area (Å²) < 4.78 is 6.00. The van der Waals surface area contributed by atoms with Gasteiger partial charge in [-0.15, -0.1) is 0 Å². The predicted molar refractivity (Wildman–Crippen MR) is 72.8 cm³/mol. The lowest BCUT2D eigenvalue weighted by atomic mass is 9.99. The highest BCUT2D eigenvalue weighted by atomic mass is 35.5. The SMILES string of the molecule is Cc1ccc(Cl)c(OC2CCCCCC2C#N)c1. The van der Waals surface area contributed by atoms with Gasteiger partial charge in [-0.2, -0.15) is 5.26 Å². The smallest absolute Gasteiger partial charge is 0.138 e. The predicted octanol–water partition coefficient (Wildman–Crippen LogP) is 4.50. The Hall–Kier alpha value is -1.20. The van der Waals surface area contributed by atoms with Crippen molar-refractivity contribution >= 4 is 11.6 Å². The molecule has 0 N–H and O–H groups in total. The molecule has 2 rings (SSSR count). The molecule has 0 aliphatic heterocycles. The first-order valence-corrected chi connectivity index (χ1v) is 6.91. The van der Waals surface area contributed by atoms with Crippen LogP contribution >= 0.6 is 11.6 Å². The molecule has 2 unspecified atom stereocenters. The lowest BCUT2D eigenvalue weighted by Crippen LogP contribution is -2.25. The van der Waals surface area contributed by atoms with Gasteiger partial charge in [0.1, 0.15) is 11.9 Å². The van der Waals surface area contributed by atoms with E-state index < -0.39 is 0 Å². The van der Waals surface area contributed by atoms with E-state index in [1.807, 2.05) is 25.1 Å². The van der Waals surface area contributed by atoms with E-state index in [-0.39, 0.29) is 12.0 Å². The molecular formula is C15H18ClNO. The van der Waals surface area contributed by atoms with Crippen molar-refractivity contribution in [2.24, 2.45) is 5.92 Å². The molecule has 1 aliphatic rings. The summed E-state index contributed by atoms with van der Waals surface area (Å²) in [4.78, 5) is 0. The highest BCUT2D eigenvalue weighted by molar-refractivity contribution is 6.32. The summed E-state index contributed by atoms with van der Waals surface area (Å²) >= 11 is 6.14. The normalized spacial score (nSPS) is 24.1. The monoisotopic (exact) mass is 263 g/mol. The minimum atomic E-state index is -0.0169.